The molecule has 1 N–H and O–H groups in total. The van der Waals surface area contributed by atoms with Crippen LogP contribution in [0.3, 0.4) is 0 Å². The van der Waals surface area contributed by atoms with Crippen LogP contribution in [-0.4, -0.2) is 54.9 Å². The van der Waals surface area contributed by atoms with Gasteiger partial charge in [-0.15, -0.1) is 0 Å². The number of halogens is 3. The molecule has 0 aliphatic carbocycles. The molecular formula is C24H22F3N5O3. The van der Waals surface area contributed by atoms with Crippen LogP contribution >= 0.6 is 0 Å². The number of carbonyl (C=O) groups is 2. The first-order valence-corrected chi connectivity index (χ1v) is 11.0. The van der Waals surface area contributed by atoms with E-state index in [9.17, 15) is 22.8 Å². The summed E-state index contributed by atoms with van der Waals surface area (Å²) < 4.78 is 47.5. The third-order valence-electron chi connectivity index (χ3n) is 6.16. The largest absolute Gasteiger partial charge is 0.497 e. The molecule has 2 aliphatic heterocycles. The van der Waals surface area contributed by atoms with Gasteiger partial charge in [0.15, 0.2) is 5.69 Å². The maximum absolute atomic E-state index is 13.8. The molecule has 2 aromatic carbocycles. The minimum Gasteiger partial charge on any atom is -0.497 e. The predicted octanol–water partition coefficient (Wildman–Crippen LogP) is 3.04. The van der Waals surface area contributed by atoms with Gasteiger partial charge in [-0.2, -0.15) is 18.3 Å². The Kier molecular flexibility index (Phi) is 5.72. The molecule has 0 bridgehead atoms. The molecule has 5 rings (SSSR count). The molecule has 0 unspecified atom stereocenters. The number of piperazine rings is 1. The summed E-state index contributed by atoms with van der Waals surface area (Å²) in [4.78, 5) is 28.8. The fourth-order valence-electron chi connectivity index (χ4n) is 4.44. The number of hydrogen-bond acceptors (Lipinski definition) is 5. The maximum atomic E-state index is 13.8. The zero-order valence-corrected chi connectivity index (χ0v) is 18.8. The summed E-state index contributed by atoms with van der Waals surface area (Å²) in [5.41, 5.74) is 0.271. The number of anilines is 2. The number of amides is 2. The van der Waals surface area contributed by atoms with Gasteiger partial charge >= 0.3 is 6.18 Å². The van der Waals surface area contributed by atoms with E-state index in [2.05, 4.69) is 10.4 Å². The summed E-state index contributed by atoms with van der Waals surface area (Å²) in [6.07, 6.45) is -4.69. The van der Waals surface area contributed by atoms with Crippen LogP contribution in [0, 0.1) is 0 Å². The molecular weight excluding hydrogens is 463 g/mol. The van der Waals surface area contributed by atoms with Gasteiger partial charge in [-0.1, -0.05) is 0 Å². The second-order valence-corrected chi connectivity index (χ2v) is 8.23. The number of methoxy groups -OCH3 is 1. The van der Waals surface area contributed by atoms with E-state index in [1.807, 2.05) is 0 Å². The third-order valence-corrected chi connectivity index (χ3v) is 6.16. The maximum Gasteiger partial charge on any atom is 0.435 e. The highest BCUT2D eigenvalue weighted by Gasteiger charge is 2.43. The number of benzene rings is 2. The molecule has 2 amide bonds. The van der Waals surface area contributed by atoms with Crippen LogP contribution in [0.15, 0.2) is 48.5 Å². The molecule has 3 heterocycles. The van der Waals surface area contributed by atoms with E-state index in [1.54, 1.807) is 53.4 Å². The van der Waals surface area contributed by atoms with Crippen molar-refractivity contribution in [3.63, 3.8) is 0 Å². The van der Waals surface area contributed by atoms with Gasteiger partial charge < -0.3 is 19.9 Å². The van der Waals surface area contributed by atoms with Gasteiger partial charge in [0.25, 0.3) is 5.91 Å². The zero-order chi connectivity index (χ0) is 24.7. The number of nitrogens with zero attached hydrogens (tertiary/aromatic N) is 4. The molecule has 8 nitrogen and oxygen atoms in total. The SMILES string of the molecule is COc1ccc(-n2nc(C(F)(F)F)c3c2C(=O)N(c2ccc(N4CCNCC4=O)cc2)CC3)cc1. The molecule has 35 heavy (non-hydrogen) atoms. The van der Waals surface area contributed by atoms with Gasteiger partial charge in [0.05, 0.1) is 19.3 Å². The van der Waals surface area contributed by atoms with Crippen molar-refractivity contribution in [2.75, 3.05) is 43.1 Å². The fourth-order valence-corrected chi connectivity index (χ4v) is 4.44. The fraction of sp³-hybridized carbons (Fsp3) is 0.292. The molecule has 0 saturated carbocycles. The molecule has 1 saturated heterocycles. The van der Waals surface area contributed by atoms with E-state index in [0.717, 1.165) is 4.68 Å². The topological polar surface area (TPSA) is 79.7 Å². The highest BCUT2D eigenvalue weighted by atomic mass is 19.4. The first kappa shape index (κ1) is 22.9. The van der Waals surface area contributed by atoms with E-state index >= 15 is 0 Å². The number of fused-ring (bicyclic) bond motifs is 1. The molecule has 3 aromatic rings. The van der Waals surface area contributed by atoms with Crippen LogP contribution in [0.25, 0.3) is 5.69 Å². The zero-order valence-electron chi connectivity index (χ0n) is 18.8. The van der Waals surface area contributed by atoms with Crippen LogP contribution in [0.5, 0.6) is 5.75 Å². The predicted molar refractivity (Wildman–Crippen MR) is 122 cm³/mol. The van der Waals surface area contributed by atoms with Gasteiger partial charge in [0, 0.05) is 36.6 Å². The van der Waals surface area contributed by atoms with E-state index in [4.69, 9.17) is 4.74 Å². The molecule has 1 aromatic heterocycles. The minimum absolute atomic E-state index is 0.00407. The van der Waals surface area contributed by atoms with Crippen LogP contribution in [-0.2, 0) is 17.4 Å². The number of nitrogens with one attached hydrogen (secondary N) is 1. The Bertz CT molecular complexity index is 1270. The standard InChI is InChI=1S/C24H22F3N5O3/c1-35-18-8-6-17(7-9-18)32-21-19(22(29-32)24(25,26)27)10-12-31(23(21)34)16-4-2-15(3-5-16)30-13-11-28-14-20(30)33/h2-9,28H,10-14H2,1H3. The molecule has 0 spiro atoms. The van der Waals surface area contributed by atoms with Gasteiger partial charge in [0.1, 0.15) is 11.4 Å². The lowest BCUT2D eigenvalue weighted by Crippen LogP contribution is -2.48. The Labute approximate surface area is 198 Å². The minimum atomic E-state index is -4.69. The van der Waals surface area contributed by atoms with Gasteiger partial charge in [-0.05, 0) is 55.0 Å². The van der Waals surface area contributed by atoms with E-state index in [0.29, 0.717) is 35.9 Å². The summed E-state index contributed by atoms with van der Waals surface area (Å²) in [5, 5.41) is 6.82. The van der Waals surface area contributed by atoms with Crippen LogP contribution in [0.4, 0.5) is 24.5 Å². The summed E-state index contributed by atoms with van der Waals surface area (Å²) in [6.45, 7) is 1.55. The Balaban J connectivity index is 1.51. The number of alkyl halides is 3. The lowest BCUT2D eigenvalue weighted by atomic mass is 10.0. The number of ether oxygens (including phenoxy) is 1. The van der Waals surface area contributed by atoms with Crippen molar-refractivity contribution in [3.8, 4) is 11.4 Å². The molecule has 11 heteroatoms. The molecule has 0 atom stereocenters. The summed E-state index contributed by atoms with van der Waals surface area (Å²) in [7, 11) is 1.48. The smallest absolute Gasteiger partial charge is 0.435 e. The Hall–Kier alpha value is -3.86. The summed E-state index contributed by atoms with van der Waals surface area (Å²) >= 11 is 0. The first-order valence-electron chi connectivity index (χ1n) is 11.0. The Morgan fingerprint density at radius 3 is 2.14 bits per heavy atom. The monoisotopic (exact) mass is 485 g/mol. The quantitative estimate of drug-likeness (QED) is 0.615. The van der Waals surface area contributed by atoms with Gasteiger partial charge in [-0.3, -0.25) is 9.59 Å². The van der Waals surface area contributed by atoms with Gasteiger partial charge in [0.2, 0.25) is 5.91 Å². The van der Waals surface area contributed by atoms with Crippen molar-refractivity contribution in [2.45, 2.75) is 12.6 Å². The lowest BCUT2D eigenvalue weighted by Gasteiger charge is -2.30. The number of hydrogen-bond donors (Lipinski definition) is 1. The highest BCUT2D eigenvalue weighted by Crippen LogP contribution is 2.37. The van der Waals surface area contributed by atoms with E-state index in [-0.39, 0.29) is 36.7 Å². The Morgan fingerprint density at radius 2 is 1.54 bits per heavy atom. The molecule has 2 aliphatic rings. The van der Waals surface area contributed by atoms with E-state index in [1.165, 1.54) is 12.0 Å². The normalized spacial score (nSPS) is 16.5. The third kappa shape index (κ3) is 4.12. The molecule has 0 radical (unpaired) electrons. The van der Waals surface area contributed by atoms with Crippen LogP contribution in [0.2, 0.25) is 0 Å². The average molecular weight is 485 g/mol. The number of rotatable bonds is 4. The van der Waals surface area contributed by atoms with Crippen molar-refractivity contribution in [1.82, 2.24) is 15.1 Å². The van der Waals surface area contributed by atoms with Crippen LogP contribution < -0.4 is 19.9 Å². The molecule has 1 fully saturated rings. The van der Waals surface area contributed by atoms with Crippen molar-refractivity contribution in [1.29, 1.82) is 0 Å². The highest BCUT2D eigenvalue weighted by molar-refractivity contribution is 6.08. The molecule has 182 valence electrons. The van der Waals surface area contributed by atoms with Crippen molar-refractivity contribution in [3.05, 3.63) is 65.5 Å². The van der Waals surface area contributed by atoms with E-state index < -0.39 is 17.8 Å². The first-order chi connectivity index (χ1) is 16.8. The lowest BCUT2D eigenvalue weighted by molar-refractivity contribution is -0.142. The second kappa shape index (κ2) is 8.73. The van der Waals surface area contributed by atoms with Crippen LogP contribution in [0.1, 0.15) is 21.7 Å². The average Bonchev–Trinajstić information content (AvgIpc) is 3.26. The van der Waals surface area contributed by atoms with Crippen molar-refractivity contribution >= 4 is 23.2 Å². The number of aromatic nitrogens is 2. The second-order valence-electron chi connectivity index (χ2n) is 8.23. The van der Waals surface area contributed by atoms with Crippen molar-refractivity contribution < 1.29 is 27.5 Å². The summed E-state index contributed by atoms with van der Waals surface area (Å²) in [5.74, 6) is -0.0938. The van der Waals surface area contributed by atoms with Crippen molar-refractivity contribution in [2.24, 2.45) is 0 Å². The Morgan fingerprint density at radius 1 is 0.914 bits per heavy atom. The van der Waals surface area contributed by atoms with Gasteiger partial charge in [-0.25, -0.2) is 4.68 Å². The summed E-state index contributed by atoms with van der Waals surface area (Å²) in [6, 6.07) is 13.2. The number of carbonyl (C=O) groups excluding carboxylic acids is 2.